The lowest BCUT2D eigenvalue weighted by Gasteiger charge is -2.12. The van der Waals surface area contributed by atoms with Gasteiger partial charge in [0.05, 0.1) is 0 Å². The van der Waals surface area contributed by atoms with Crippen LogP contribution in [0.1, 0.15) is 48.2 Å². The number of hydrogen-bond acceptors (Lipinski definition) is 2. The van der Waals surface area contributed by atoms with Crippen LogP contribution >= 0.6 is 0 Å². The van der Waals surface area contributed by atoms with Gasteiger partial charge < -0.3 is 5.11 Å². The number of hydrogen-bond donors (Lipinski definition) is 1. The number of aryl methyl sites for hydroxylation is 1. The van der Waals surface area contributed by atoms with Crippen LogP contribution < -0.4 is 0 Å². The van der Waals surface area contributed by atoms with Crippen molar-refractivity contribution < 1.29 is 9.90 Å². The zero-order valence-corrected chi connectivity index (χ0v) is 9.09. The van der Waals surface area contributed by atoms with Crippen LogP contribution in [0.4, 0.5) is 0 Å². The van der Waals surface area contributed by atoms with Crippen molar-refractivity contribution in [3.05, 3.63) is 28.8 Å². The number of carbonyl (C=O) groups is 1. The molecule has 2 heteroatoms. The van der Waals surface area contributed by atoms with E-state index in [9.17, 15) is 9.90 Å². The van der Waals surface area contributed by atoms with Gasteiger partial charge in [0.1, 0.15) is 5.75 Å². The summed E-state index contributed by atoms with van der Waals surface area (Å²) in [7, 11) is 0. The Morgan fingerprint density at radius 1 is 1.36 bits per heavy atom. The Kier molecular flexibility index (Phi) is 2.94. The maximum absolute atomic E-state index is 11.2. The highest BCUT2D eigenvalue weighted by Gasteiger charge is 2.11. The van der Waals surface area contributed by atoms with Gasteiger partial charge in [0.15, 0.2) is 5.78 Å². The van der Waals surface area contributed by atoms with Crippen LogP contribution in [0.25, 0.3) is 0 Å². The highest BCUT2D eigenvalue weighted by atomic mass is 16.3. The second-order valence-electron chi connectivity index (χ2n) is 3.94. The molecule has 0 amide bonds. The van der Waals surface area contributed by atoms with Crippen molar-refractivity contribution in [2.45, 2.75) is 33.6 Å². The molecular weight excluding hydrogens is 176 g/mol. The number of phenolic OH excluding ortho intramolecular Hbond substituents is 1. The highest BCUT2D eigenvalue weighted by Crippen LogP contribution is 2.30. The summed E-state index contributed by atoms with van der Waals surface area (Å²) in [5, 5.41) is 9.76. The second kappa shape index (κ2) is 3.82. The van der Waals surface area contributed by atoms with Crippen LogP contribution in [0.15, 0.2) is 12.1 Å². The zero-order valence-electron chi connectivity index (χ0n) is 9.09. The summed E-state index contributed by atoms with van der Waals surface area (Å²) in [6.07, 6.45) is 0. The molecule has 0 spiro atoms. The average molecular weight is 192 g/mol. The van der Waals surface area contributed by atoms with E-state index in [1.54, 1.807) is 12.1 Å². The molecule has 0 radical (unpaired) electrons. The van der Waals surface area contributed by atoms with Crippen molar-refractivity contribution in [2.24, 2.45) is 0 Å². The smallest absolute Gasteiger partial charge is 0.159 e. The van der Waals surface area contributed by atoms with Gasteiger partial charge in [-0.1, -0.05) is 13.8 Å². The third-order valence-corrected chi connectivity index (χ3v) is 2.36. The van der Waals surface area contributed by atoms with E-state index in [1.165, 1.54) is 6.92 Å². The Labute approximate surface area is 84.6 Å². The Morgan fingerprint density at radius 2 is 1.93 bits per heavy atom. The van der Waals surface area contributed by atoms with Gasteiger partial charge in [0.25, 0.3) is 0 Å². The van der Waals surface area contributed by atoms with Gasteiger partial charge in [-0.25, -0.2) is 0 Å². The van der Waals surface area contributed by atoms with Gasteiger partial charge in [-0.2, -0.15) is 0 Å². The highest BCUT2D eigenvalue weighted by molar-refractivity contribution is 5.94. The molecule has 1 aromatic rings. The average Bonchev–Trinajstić information content (AvgIpc) is 2.08. The molecule has 0 bridgehead atoms. The molecule has 0 aliphatic carbocycles. The predicted octanol–water partition coefficient (Wildman–Crippen LogP) is 3.03. The summed E-state index contributed by atoms with van der Waals surface area (Å²) in [6, 6.07) is 3.50. The molecule has 0 saturated carbocycles. The van der Waals surface area contributed by atoms with Gasteiger partial charge >= 0.3 is 0 Å². The van der Waals surface area contributed by atoms with E-state index in [2.05, 4.69) is 0 Å². The number of aromatic hydroxyl groups is 1. The Hall–Kier alpha value is -1.31. The predicted molar refractivity (Wildman–Crippen MR) is 56.9 cm³/mol. The monoisotopic (exact) mass is 192 g/mol. The Balaban J connectivity index is 3.35. The minimum Gasteiger partial charge on any atom is -0.507 e. The lowest BCUT2D eigenvalue weighted by atomic mass is 9.95. The number of Topliss-reactive ketones (excluding diaryl/α,β-unsaturated/α-hetero) is 1. The van der Waals surface area contributed by atoms with Crippen LogP contribution in [-0.2, 0) is 0 Å². The first kappa shape index (κ1) is 10.8. The number of ketones is 1. The lowest BCUT2D eigenvalue weighted by molar-refractivity contribution is 0.101. The molecule has 14 heavy (non-hydrogen) atoms. The fourth-order valence-electron chi connectivity index (χ4n) is 1.45. The van der Waals surface area contributed by atoms with Crippen molar-refractivity contribution >= 4 is 5.78 Å². The maximum atomic E-state index is 11.2. The fourth-order valence-corrected chi connectivity index (χ4v) is 1.45. The summed E-state index contributed by atoms with van der Waals surface area (Å²) in [4.78, 5) is 11.2. The molecule has 0 fully saturated rings. The molecule has 1 aromatic carbocycles. The number of phenols is 1. The third-order valence-electron chi connectivity index (χ3n) is 2.36. The molecule has 0 aliphatic heterocycles. The van der Waals surface area contributed by atoms with Gasteiger partial charge in [-0.05, 0) is 43.0 Å². The first-order valence-electron chi connectivity index (χ1n) is 4.78. The second-order valence-corrected chi connectivity index (χ2v) is 3.94. The van der Waals surface area contributed by atoms with Gasteiger partial charge in [0.2, 0.25) is 0 Å². The Bertz CT molecular complexity index is 365. The number of carbonyl (C=O) groups excluding carboxylic acids is 1. The normalized spacial score (nSPS) is 10.6. The van der Waals surface area contributed by atoms with Gasteiger partial charge in [0, 0.05) is 5.56 Å². The van der Waals surface area contributed by atoms with Crippen molar-refractivity contribution in [1.82, 2.24) is 0 Å². The molecule has 76 valence electrons. The molecule has 0 atom stereocenters. The molecular formula is C12H16O2. The van der Waals surface area contributed by atoms with Crippen molar-refractivity contribution in [1.29, 1.82) is 0 Å². The van der Waals surface area contributed by atoms with E-state index in [0.29, 0.717) is 11.3 Å². The van der Waals surface area contributed by atoms with Crippen LogP contribution in [0.3, 0.4) is 0 Å². The van der Waals surface area contributed by atoms with Crippen molar-refractivity contribution in [3.63, 3.8) is 0 Å². The summed E-state index contributed by atoms with van der Waals surface area (Å²) < 4.78 is 0. The third kappa shape index (κ3) is 1.95. The quantitative estimate of drug-likeness (QED) is 0.731. The molecule has 1 N–H and O–H groups in total. The fraction of sp³-hybridized carbons (Fsp3) is 0.417. The van der Waals surface area contributed by atoms with Gasteiger partial charge in [-0.3, -0.25) is 4.79 Å². The molecule has 2 nitrogen and oxygen atoms in total. The molecule has 0 unspecified atom stereocenters. The molecule has 0 saturated heterocycles. The topological polar surface area (TPSA) is 37.3 Å². The van der Waals surface area contributed by atoms with Crippen LogP contribution in [0, 0.1) is 6.92 Å². The van der Waals surface area contributed by atoms with E-state index in [0.717, 1.165) is 11.1 Å². The van der Waals surface area contributed by atoms with E-state index in [1.807, 2.05) is 20.8 Å². The molecule has 0 aliphatic rings. The summed E-state index contributed by atoms with van der Waals surface area (Å²) >= 11 is 0. The molecule has 0 heterocycles. The minimum absolute atomic E-state index is 0.0370. The van der Waals surface area contributed by atoms with E-state index < -0.39 is 0 Å². The Morgan fingerprint density at radius 3 is 2.36 bits per heavy atom. The van der Waals surface area contributed by atoms with E-state index in [4.69, 9.17) is 0 Å². The van der Waals surface area contributed by atoms with Crippen LogP contribution in [0.5, 0.6) is 5.75 Å². The standard InChI is InChI=1S/C12H16O2/c1-7(2)11-6-10(9(4)13)5-8(3)12(11)14/h5-7,14H,1-4H3. The minimum atomic E-state index is 0.0370. The molecule has 1 rings (SSSR count). The lowest BCUT2D eigenvalue weighted by Crippen LogP contribution is -1.98. The van der Waals surface area contributed by atoms with Crippen LogP contribution in [0.2, 0.25) is 0 Å². The van der Waals surface area contributed by atoms with E-state index >= 15 is 0 Å². The SMILES string of the molecule is CC(=O)c1cc(C)c(O)c(C(C)C)c1. The van der Waals surface area contributed by atoms with Crippen molar-refractivity contribution in [3.8, 4) is 5.75 Å². The first-order valence-corrected chi connectivity index (χ1v) is 4.78. The maximum Gasteiger partial charge on any atom is 0.159 e. The largest absolute Gasteiger partial charge is 0.507 e. The van der Waals surface area contributed by atoms with Crippen LogP contribution in [-0.4, -0.2) is 10.9 Å². The summed E-state index contributed by atoms with van der Waals surface area (Å²) in [6.45, 7) is 7.35. The van der Waals surface area contributed by atoms with Gasteiger partial charge in [-0.15, -0.1) is 0 Å². The summed E-state index contributed by atoms with van der Waals surface area (Å²) in [5.74, 6) is 0.577. The summed E-state index contributed by atoms with van der Waals surface area (Å²) in [5.41, 5.74) is 2.28. The molecule has 0 aromatic heterocycles. The number of rotatable bonds is 2. The van der Waals surface area contributed by atoms with E-state index in [-0.39, 0.29) is 11.7 Å². The zero-order chi connectivity index (χ0) is 10.9. The van der Waals surface area contributed by atoms with Crippen molar-refractivity contribution in [2.75, 3.05) is 0 Å². The first-order chi connectivity index (χ1) is 6.43. The number of benzene rings is 1.